The molecule has 0 amide bonds. The molecule has 0 fully saturated rings. The number of aromatic nitrogens is 1. The van der Waals surface area contributed by atoms with Crippen molar-refractivity contribution in [3.63, 3.8) is 0 Å². The van der Waals surface area contributed by atoms with Gasteiger partial charge in [-0.15, -0.1) is 11.3 Å². The monoisotopic (exact) mass is 227 g/mol. The summed E-state index contributed by atoms with van der Waals surface area (Å²) in [7, 11) is 0. The van der Waals surface area contributed by atoms with Crippen molar-refractivity contribution >= 4 is 17.8 Å². The summed E-state index contributed by atoms with van der Waals surface area (Å²) in [6.45, 7) is 4.68. The molecular formula is C11H17NO2S. The lowest BCUT2D eigenvalue weighted by molar-refractivity contribution is -0.133. The molecule has 0 aliphatic carbocycles. The van der Waals surface area contributed by atoms with Crippen LogP contribution in [0.4, 0.5) is 0 Å². The van der Waals surface area contributed by atoms with Crippen molar-refractivity contribution in [3.8, 4) is 0 Å². The topological polar surface area (TPSA) is 39.2 Å². The molecule has 1 unspecified atom stereocenters. The average molecular weight is 227 g/mol. The Bertz CT molecular complexity index is 299. The number of unbranched alkanes of at least 4 members (excludes halogenated alkanes) is 1. The summed E-state index contributed by atoms with van der Waals surface area (Å²) in [5, 5.41) is 0. The minimum absolute atomic E-state index is 0.0154. The molecule has 0 saturated heterocycles. The number of hydrogen-bond donors (Lipinski definition) is 0. The highest BCUT2D eigenvalue weighted by Crippen LogP contribution is 2.18. The second-order valence-corrected chi connectivity index (χ2v) is 4.50. The van der Waals surface area contributed by atoms with Crippen LogP contribution < -0.4 is 0 Å². The van der Waals surface area contributed by atoms with Crippen LogP contribution in [0.1, 0.15) is 36.8 Å². The Morgan fingerprint density at radius 1 is 1.67 bits per heavy atom. The van der Waals surface area contributed by atoms with E-state index in [0.29, 0.717) is 6.47 Å². The van der Waals surface area contributed by atoms with E-state index in [0.717, 1.165) is 31.4 Å². The van der Waals surface area contributed by atoms with Crippen LogP contribution in [0.15, 0.2) is 5.51 Å². The first-order chi connectivity index (χ1) is 7.27. The minimum Gasteiger partial charge on any atom is -0.464 e. The van der Waals surface area contributed by atoms with Crippen LogP contribution in [0.25, 0.3) is 0 Å². The average Bonchev–Trinajstić information content (AvgIpc) is 2.61. The fourth-order valence-corrected chi connectivity index (χ4v) is 2.30. The van der Waals surface area contributed by atoms with Gasteiger partial charge in [-0.05, 0) is 13.3 Å². The molecule has 84 valence electrons. The standard InChI is InChI=1S/C11H17NO2S/c1-3-4-5-10(14-8-13)6-11-9(2)12-7-15-11/h7-8,10H,3-6H2,1-2H3. The molecule has 1 aromatic rings. The summed E-state index contributed by atoms with van der Waals surface area (Å²) in [4.78, 5) is 15.8. The van der Waals surface area contributed by atoms with Crippen molar-refractivity contribution in [2.24, 2.45) is 0 Å². The maximum atomic E-state index is 10.4. The van der Waals surface area contributed by atoms with Crippen molar-refractivity contribution in [2.75, 3.05) is 0 Å². The minimum atomic E-state index is 0.0154. The molecule has 4 heteroatoms. The number of carbonyl (C=O) groups is 1. The second kappa shape index (κ2) is 6.56. The zero-order valence-electron chi connectivity index (χ0n) is 9.23. The zero-order valence-corrected chi connectivity index (χ0v) is 10.0. The Kier molecular flexibility index (Phi) is 5.32. The maximum Gasteiger partial charge on any atom is 0.293 e. The van der Waals surface area contributed by atoms with Gasteiger partial charge in [0.15, 0.2) is 0 Å². The van der Waals surface area contributed by atoms with Gasteiger partial charge in [0.2, 0.25) is 0 Å². The van der Waals surface area contributed by atoms with Gasteiger partial charge in [-0.25, -0.2) is 4.98 Å². The van der Waals surface area contributed by atoms with E-state index < -0.39 is 0 Å². The smallest absolute Gasteiger partial charge is 0.293 e. The van der Waals surface area contributed by atoms with E-state index in [2.05, 4.69) is 11.9 Å². The summed E-state index contributed by atoms with van der Waals surface area (Å²) in [5.74, 6) is 0. The summed E-state index contributed by atoms with van der Waals surface area (Å²) < 4.78 is 5.07. The van der Waals surface area contributed by atoms with Gasteiger partial charge >= 0.3 is 0 Å². The van der Waals surface area contributed by atoms with Crippen LogP contribution in [-0.4, -0.2) is 17.6 Å². The first kappa shape index (κ1) is 12.2. The molecule has 1 aromatic heterocycles. The highest BCUT2D eigenvalue weighted by atomic mass is 32.1. The van der Waals surface area contributed by atoms with Crippen molar-refractivity contribution in [1.29, 1.82) is 0 Å². The number of nitrogens with zero attached hydrogens (tertiary/aromatic N) is 1. The van der Waals surface area contributed by atoms with Gasteiger partial charge in [0.25, 0.3) is 6.47 Å². The van der Waals surface area contributed by atoms with Crippen LogP contribution in [0.3, 0.4) is 0 Å². The summed E-state index contributed by atoms with van der Waals surface area (Å²) in [6.07, 6.45) is 3.97. The van der Waals surface area contributed by atoms with Crippen LogP contribution in [0, 0.1) is 6.92 Å². The van der Waals surface area contributed by atoms with Crippen molar-refractivity contribution in [2.45, 2.75) is 45.6 Å². The molecule has 1 rings (SSSR count). The van der Waals surface area contributed by atoms with Gasteiger partial charge in [-0.1, -0.05) is 19.8 Å². The quantitative estimate of drug-likeness (QED) is 0.672. The number of rotatable bonds is 7. The lowest BCUT2D eigenvalue weighted by Crippen LogP contribution is -2.15. The summed E-state index contributed by atoms with van der Waals surface area (Å²) in [5.41, 5.74) is 2.89. The van der Waals surface area contributed by atoms with Gasteiger partial charge in [0.05, 0.1) is 11.2 Å². The Morgan fingerprint density at radius 2 is 2.47 bits per heavy atom. The van der Waals surface area contributed by atoms with E-state index >= 15 is 0 Å². The Labute approximate surface area is 94.5 Å². The highest BCUT2D eigenvalue weighted by Gasteiger charge is 2.12. The van der Waals surface area contributed by atoms with E-state index in [1.54, 1.807) is 11.3 Å². The van der Waals surface area contributed by atoms with Crippen LogP contribution >= 0.6 is 11.3 Å². The highest BCUT2D eigenvalue weighted by molar-refractivity contribution is 7.09. The van der Waals surface area contributed by atoms with E-state index in [1.807, 2.05) is 12.4 Å². The van der Waals surface area contributed by atoms with Crippen molar-refractivity contribution in [3.05, 3.63) is 16.1 Å². The number of hydrogen-bond acceptors (Lipinski definition) is 4. The Balaban J connectivity index is 2.50. The van der Waals surface area contributed by atoms with Crippen molar-refractivity contribution < 1.29 is 9.53 Å². The molecule has 1 atom stereocenters. The number of ether oxygens (including phenoxy) is 1. The van der Waals surface area contributed by atoms with E-state index in [-0.39, 0.29) is 6.10 Å². The third kappa shape index (κ3) is 4.00. The first-order valence-corrected chi connectivity index (χ1v) is 6.14. The lowest BCUT2D eigenvalue weighted by atomic mass is 10.1. The second-order valence-electron chi connectivity index (χ2n) is 3.56. The first-order valence-electron chi connectivity index (χ1n) is 5.26. The molecule has 0 N–H and O–H groups in total. The molecule has 3 nitrogen and oxygen atoms in total. The molecule has 0 radical (unpaired) electrons. The number of carbonyl (C=O) groups excluding carboxylic acids is 1. The van der Waals surface area contributed by atoms with Gasteiger partial charge in [0, 0.05) is 11.3 Å². The summed E-state index contributed by atoms with van der Waals surface area (Å²) >= 11 is 1.63. The van der Waals surface area contributed by atoms with Crippen LogP contribution in [0.2, 0.25) is 0 Å². The lowest BCUT2D eigenvalue weighted by Gasteiger charge is -2.13. The number of thiazole rings is 1. The summed E-state index contributed by atoms with van der Waals surface area (Å²) in [6, 6.07) is 0. The predicted molar refractivity (Wildman–Crippen MR) is 61.0 cm³/mol. The van der Waals surface area contributed by atoms with Gasteiger partial charge in [-0.3, -0.25) is 4.79 Å². The molecule has 0 aromatic carbocycles. The normalized spacial score (nSPS) is 12.4. The fraction of sp³-hybridized carbons (Fsp3) is 0.636. The van der Waals surface area contributed by atoms with Gasteiger partial charge < -0.3 is 4.74 Å². The van der Waals surface area contributed by atoms with Crippen LogP contribution in [0.5, 0.6) is 0 Å². The molecule has 0 spiro atoms. The molecule has 15 heavy (non-hydrogen) atoms. The Hall–Kier alpha value is -0.900. The third-order valence-corrected chi connectivity index (χ3v) is 3.34. The number of aryl methyl sites for hydroxylation is 1. The fourth-order valence-electron chi connectivity index (χ4n) is 1.46. The van der Waals surface area contributed by atoms with Crippen LogP contribution in [-0.2, 0) is 16.0 Å². The van der Waals surface area contributed by atoms with Gasteiger partial charge in [-0.2, -0.15) is 0 Å². The molecule has 1 heterocycles. The molecular weight excluding hydrogens is 210 g/mol. The largest absolute Gasteiger partial charge is 0.464 e. The SMILES string of the molecule is CCCCC(Cc1scnc1C)OC=O. The molecule has 0 aliphatic rings. The molecule has 0 aliphatic heterocycles. The van der Waals surface area contributed by atoms with E-state index in [9.17, 15) is 4.79 Å². The maximum absolute atomic E-state index is 10.4. The molecule has 0 saturated carbocycles. The van der Waals surface area contributed by atoms with Gasteiger partial charge in [0.1, 0.15) is 6.10 Å². The van der Waals surface area contributed by atoms with Crippen molar-refractivity contribution in [1.82, 2.24) is 4.98 Å². The van der Waals surface area contributed by atoms with E-state index in [1.165, 1.54) is 4.88 Å². The zero-order chi connectivity index (χ0) is 11.1. The van der Waals surface area contributed by atoms with E-state index in [4.69, 9.17) is 4.74 Å². The third-order valence-electron chi connectivity index (χ3n) is 2.39. The Morgan fingerprint density at radius 3 is 3.00 bits per heavy atom. The molecule has 0 bridgehead atoms. The predicted octanol–water partition coefficient (Wildman–Crippen LogP) is 2.73.